The van der Waals surface area contributed by atoms with Gasteiger partial charge in [0.25, 0.3) is 5.91 Å². The summed E-state index contributed by atoms with van der Waals surface area (Å²) in [6.07, 6.45) is -1.05. The van der Waals surface area contributed by atoms with Crippen LogP contribution in [0.25, 0.3) is 10.2 Å². The van der Waals surface area contributed by atoms with Crippen LogP contribution in [0.5, 0.6) is 0 Å². The van der Waals surface area contributed by atoms with E-state index in [4.69, 9.17) is 16.3 Å². The highest BCUT2D eigenvalue weighted by molar-refractivity contribution is 7.16. The first-order chi connectivity index (χ1) is 11.9. The molecule has 0 bridgehead atoms. The van der Waals surface area contributed by atoms with E-state index >= 15 is 0 Å². The van der Waals surface area contributed by atoms with Crippen LogP contribution >= 0.6 is 22.9 Å². The summed E-state index contributed by atoms with van der Waals surface area (Å²) in [5.41, 5.74) is 3.04. The lowest BCUT2D eigenvalue weighted by molar-refractivity contribution is -0.123. The Balaban J connectivity index is 1.66. The topological polar surface area (TPSA) is 68.3 Å². The molecule has 8 heteroatoms. The minimum Gasteiger partial charge on any atom is -0.449 e. The quantitative estimate of drug-likeness (QED) is 0.688. The number of carbonyl (C=O) groups excluding carboxylic acids is 2. The molecule has 1 atom stereocenters. The zero-order valence-corrected chi connectivity index (χ0v) is 14.5. The van der Waals surface area contributed by atoms with Crippen molar-refractivity contribution in [2.75, 3.05) is 5.32 Å². The van der Waals surface area contributed by atoms with Gasteiger partial charge in [-0.3, -0.25) is 4.79 Å². The Bertz CT molecular complexity index is 960. The summed E-state index contributed by atoms with van der Waals surface area (Å²) < 4.78 is 19.0. The predicted molar refractivity (Wildman–Crippen MR) is 94.5 cm³/mol. The predicted octanol–water partition coefficient (Wildman–Crippen LogP) is 4.27. The van der Waals surface area contributed by atoms with E-state index in [9.17, 15) is 14.0 Å². The Labute approximate surface area is 151 Å². The summed E-state index contributed by atoms with van der Waals surface area (Å²) in [7, 11) is 0. The highest BCUT2D eigenvalue weighted by Gasteiger charge is 2.20. The second kappa shape index (κ2) is 7.16. The van der Waals surface area contributed by atoms with Crippen LogP contribution in [0.3, 0.4) is 0 Å². The molecule has 0 aliphatic rings. The number of aromatic nitrogens is 1. The summed E-state index contributed by atoms with van der Waals surface area (Å²) in [5, 5.41) is 2.55. The maximum absolute atomic E-state index is 13.0. The van der Waals surface area contributed by atoms with Crippen LogP contribution in [-0.2, 0) is 9.53 Å². The molecule has 0 spiro atoms. The van der Waals surface area contributed by atoms with Gasteiger partial charge < -0.3 is 10.1 Å². The molecule has 1 aromatic heterocycles. The van der Waals surface area contributed by atoms with E-state index in [1.807, 2.05) is 0 Å². The van der Waals surface area contributed by atoms with Gasteiger partial charge >= 0.3 is 5.97 Å². The van der Waals surface area contributed by atoms with Gasteiger partial charge in [0, 0.05) is 0 Å². The van der Waals surface area contributed by atoms with Crippen LogP contribution in [0.2, 0.25) is 5.02 Å². The van der Waals surface area contributed by atoms with Crippen molar-refractivity contribution < 1.29 is 18.7 Å². The summed E-state index contributed by atoms with van der Waals surface area (Å²) in [5.74, 6) is -1.70. The monoisotopic (exact) mass is 378 g/mol. The minimum absolute atomic E-state index is 0.0579. The number of benzene rings is 2. The molecule has 0 aliphatic heterocycles. The number of fused-ring (bicyclic) bond motifs is 1. The molecule has 3 aromatic rings. The van der Waals surface area contributed by atoms with E-state index in [1.54, 1.807) is 23.7 Å². The van der Waals surface area contributed by atoms with Gasteiger partial charge in [-0.15, -0.1) is 11.3 Å². The molecule has 25 heavy (non-hydrogen) atoms. The number of carbonyl (C=O) groups is 2. The average molecular weight is 379 g/mol. The molecular formula is C17H12ClFN2O3S. The molecule has 0 saturated heterocycles. The Kier molecular flexibility index (Phi) is 4.96. The fourth-order valence-corrected chi connectivity index (χ4v) is 3.02. The lowest BCUT2D eigenvalue weighted by Crippen LogP contribution is -2.30. The van der Waals surface area contributed by atoms with E-state index < -0.39 is 23.8 Å². The molecular weight excluding hydrogens is 367 g/mol. The largest absolute Gasteiger partial charge is 0.449 e. The SMILES string of the molecule is CC(OC(=O)c1ccc2ncsc2c1)C(=O)Nc1ccc(F)cc1Cl. The minimum atomic E-state index is -1.05. The number of anilines is 1. The number of nitrogens with one attached hydrogen (secondary N) is 1. The van der Waals surface area contributed by atoms with Crippen LogP contribution in [0.1, 0.15) is 17.3 Å². The summed E-state index contributed by atoms with van der Waals surface area (Å²) >= 11 is 7.26. The maximum atomic E-state index is 13.0. The maximum Gasteiger partial charge on any atom is 0.338 e. The van der Waals surface area contributed by atoms with Crippen LogP contribution in [0, 0.1) is 5.82 Å². The van der Waals surface area contributed by atoms with Gasteiger partial charge in [0.05, 0.1) is 32.0 Å². The number of esters is 1. The Morgan fingerprint density at radius 1 is 1.28 bits per heavy atom. The van der Waals surface area contributed by atoms with Crippen LogP contribution in [0.15, 0.2) is 41.9 Å². The van der Waals surface area contributed by atoms with Crippen LogP contribution < -0.4 is 5.32 Å². The number of hydrogen-bond donors (Lipinski definition) is 1. The van der Waals surface area contributed by atoms with Crippen molar-refractivity contribution >= 4 is 50.7 Å². The molecule has 0 aliphatic carbocycles. The highest BCUT2D eigenvalue weighted by Crippen LogP contribution is 2.23. The lowest BCUT2D eigenvalue weighted by Gasteiger charge is -2.14. The number of ether oxygens (including phenoxy) is 1. The first-order valence-electron chi connectivity index (χ1n) is 7.24. The van der Waals surface area contributed by atoms with Crippen LogP contribution in [0.4, 0.5) is 10.1 Å². The number of rotatable bonds is 4. The van der Waals surface area contributed by atoms with Crippen molar-refractivity contribution in [3.8, 4) is 0 Å². The highest BCUT2D eigenvalue weighted by atomic mass is 35.5. The van der Waals surface area contributed by atoms with Crippen molar-refractivity contribution in [1.82, 2.24) is 4.98 Å². The van der Waals surface area contributed by atoms with E-state index in [-0.39, 0.29) is 10.7 Å². The molecule has 1 heterocycles. The van der Waals surface area contributed by atoms with E-state index in [0.717, 1.165) is 16.3 Å². The number of nitrogens with zero attached hydrogens (tertiary/aromatic N) is 1. The van der Waals surface area contributed by atoms with Gasteiger partial charge in [0.15, 0.2) is 6.10 Å². The van der Waals surface area contributed by atoms with Crippen molar-refractivity contribution in [2.45, 2.75) is 13.0 Å². The third kappa shape index (κ3) is 3.94. The zero-order valence-electron chi connectivity index (χ0n) is 13.0. The fourth-order valence-electron chi connectivity index (χ4n) is 2.09. The third-order valence-electron chi connectivity index (χ3n) is 3.41. The molecule has 5 nitrogen and oxygen atoms in total. The lowest BCUT2D eigenvalue weighted by atomic mass is 10.2. The van der Waals surface area contributed by atoms with Gasteiger partial charge in [0.2, 0.25) is 0 Å². The van der Waals surface area contributed by atoms with Gasteiger partial charge in [-0.2, -0.15) is 0 Å². The van der Waals surface area contributed by atoms with Crippen molar-refractivity contribution in [3.05, 3.63) is 58.3 Å². The average Bonchev–Trinajstić information content (AvgIpc) is 3.04. The molecule has 128 valence electrons. The van der Waals surface area contributed by atoms with Gasteiger partial charge in [-0.25, -0.2) is 14.2 Å². The van der Waals surface area contributed by atoms with Crippen molar-refractivity contribution in [1.29, 1.82) is 0 Å². The Morgan fingerprint density at radius 2 is 2.08 bits per heavy atom. The van der Waals surface area contributed by atoms with E-state index in [1.165, 1.54) is 30.4 Å². The summed E-state index contributed by atoms with van der Waals surface area (Å²) in [6.45, 7) is 1.44. The summed E-state index contributed by atoms with van der Waals surface area (Å²) in [4.78, 5) is 28.5. The molecule has 0 fully saturated rings. The number of thiazole rings is 1. The Morgan fingerprint density at radius 3 is 2.84 bits per heavy atom. The van der Waals surface area contributed by atoms with Gasteiger partial charge in [-0.1, -0.05) is 11.6 Å². The molecule has 1 amide bonds. The van der Waals surface area contributed by atoms with Crippen molar-refractivity contribution in [3.63, 3.8) is 0 Å². The second-order valence-corrected chi connectivity index (χ2v) is 6.49. The number of halogens is 2. The van der Waals surface area contributed by atoms with Gasteiger partial charge in [-0.05, 0) is 43.3 Å². The van der Waals surface area contributed by atoms with Crippen molar-refractivity contribution in [2.24, 2.45) is 0 Å². The third-order valence-corrected chi connectivity index (χ3v) is 4.51. The fraction of sp³-hybridized carbons (Fsp3) is 0.118. The molecule has 3 rings (SSSR count). The number of amides is 1. The number of hydrogen-bond acceptors (Lipinski definition) is 5. The molecule has 1 N–H and O–H groups in total. The Hall–Kier alpha value is -2.51. The molecule has 0 saturated carbocycles. The molecule has 2 aromatic carbocycles. The first kappa shape index (κ1) is 17.3. The first-order valence-corrected chi connectivity index (χ1v) is 8.50. The standard InChI is InChI=1S/C17H12ClFN2O3S/c1-9(16(22)21-13-5-3-11(19)7-12(13)18)24-17(23)10-2-4-14-15(6-10)25-8-20-14/h2-9H,1H3,(H,21,22). The smallest absolute Gasteiger partial charge is 0.338 e. The second-order valence-electron chi connectivity index (χ2n) is 5.20. The van der Waals surface area contributed by atoms with E-state index in [2.05, 4.69) is 10.3 Å². The van der Waals surface area contributed by atoms with Crippen LogP contribution in [-0.4, -0.2) is 23.0 Å². The zero-order chi connectivity index (χ0) is 18.0. The summed E-state index contributed by atoms with van der Waals surface area (Å²) in [6, 6.07) is 8.55. The van der Waals surface area contributed by atoms with Gasteiger partial charge in [0.1, 0.15) is 5.82 Å². The normalized spacial score (nSPS) is 12.0. The van der Waals surface area contributed by atoms with E-state index in [0.29, 0.717) is 5.56 Å². The molecule has 0 radical (unpaired) electrons. The molecule has 1 unspecified atom stereocenters.